The third-order valence-electron chi connectivity index (χ3n) is 1.01. The molecule has 0 unspecified atom stereocenters. The zero-order valence-electron chi connectivity index (χ0n) is 8.00. The molecule has 7 heteroatoms. The minimum atomic E-state index is -0.565. The van der Waals surface area contributed by atoms with Crippen LogP contribution in [-0.2, 0) is 4.74 Å². The highest BCUT2D eigenvalue weighted by atomic mass is 35.5. The molecule has 0 saturated heterocycles. The topological polar surface area (TPSA) is 64.1 Å². The fourth-order valence-corrected chi connectivity index (χ4v) is 1.36. The largest absolute Gasteiger partial charge is 0.444 e. The summed E-state index contributed by atoms with van der Waals surface area (Å²) in [6.07, 6.45) is -0.565. The van der Waals surface area contributed by atoms with E-state index in [1.807, 2.05) is 0 Å². The van der Waals surface area contributed by atoms with Crippen LogP contribution in [0.5, 0.6) is 0 Å². The van der Waals surface area contributed by atoms with Gasteiger partial charge in [0, 0.05) is 0 Å². The molecule has 1 amide bonds. The van der Waals surface area contributed by atoms with E-state index in [9.17, 15) is 4.79 Å². The molecule has 0 aliphatic rings. The smallest absolute Gasteiger partial charge is 0.414 e. The maximum absolute atomic E-state index is 11.2. The Balaban J connectivity index is 2.50. The Kier molecular flexibility index (Phi) is 3.28. The lowest BCUT2D eigenvalue weighted by molar-refractivity contribution is 0.0636. The van der Waals surface area contributed by atoms with E-state index in [1.165, 1.54) is 0 Å². The maximum atomic E-state index is 11.2. The highest BCUT2D eigenvalue weighted by molar-refractivity contribution is 7.19. The van der Waals surface area contributed by atoms with Gasteiger partial charge in [-0.25, -0.2) is 4.79 Å². The monoisotopic (exact) mass is 235 g/mol. The SMILES string of the molecule is CC(C)(C)OC(=O)Nc1nnc(Cl)s1. The molecule has 0 aliphatic heterocycles. The van der Waals surface area contributed by atoms with Crippen molar-refractivity contribution in [1.82, 2.24) is 10.2 Å². The Hall–Kier alpha value is -0.880. The minimum absolute atomic E-state index is 0.274. The number of rotatable bonds is 1. The number of ether oxygens (including phenoxy) is 1. The molecule has 0 aromatic carbocycles. The molecule has 0 radical (unpaired) electrons. The summed E-state index contributed by atoms with van der Waals surface area (Å²) in [5.74, 6) is 0. The molecule has 0 spiro atoms. The van der Waals surface area contributed by atoms with Gasteiger partial charge in [-0.1, -0.05) is 11.3 Å². The van der Waals surface area contributed by atoms with Crippen LogP contribution in [0.15, 0.2) is 0 Å². The predicted molar refractivity (Wildman–Crippen MR) is 54.8 cm³/mol. The van der Waals surface area contributed by atoms with Gasteiger partial charge >= 0.3 is 6.09 Å². The number of hydrogen-bond donors (Lipinski definition) is 1. The van der Waals surface area contributed by atoms with Gasteiger partial charge in [0.2, 0.25) is 9.60 Å². The molecule has 1 rings (SSSR count). The van der Waals surface area contributed by atoms with Crippen LogP contribution in [0.1, 0.15) is 20.8 Å². The molecule has 14 heavy (non-hydrogen) atoms. The standard InChI is InChI=1S/C7H10ClN3O2S/c1-7(2,3)13-6(12)9-5-11-10-4(8)14-5/h1-3H3,(H,9,11,12). The van der Waals surface area contributed by atoms with E-state index in [4.69, 9.17) is 16.3 Å². The minimum Gasteiger partial charge on any atom is -0.444 e. The van der Waals surface area contributed by atoms with Crippen LogP contribution in [0.2, 0.25) is 4.47 Å². The Morgan fingerprint density at radius 2 is 2.14 bits per heavy atom. The first-order valence-corrected chi connectivity index (χ1v) is 5.05. The maximum Gasteiger partial charge on any atom is 0.414 e. The molecule has 0 bridgehead atoms. The first kappa shape index (κ1) is 11.2. The molecule has 1 heterocycles. The molecular weight excluding hydrogens is 226 g/mol. The number of halogens is 1. The zero-order valence-corrected chi connectivity index (χ0v) is 9.57. The molecule has 5 nitrogen and oxygen atoms in total. The third-order valence-corrected chi connectivity index (χ3v) is 1.94. The van der Waals surface area contributed by atoms with Gasteiger partial charge in [-0.15, -0.1) is 10.2 Å². The Morgan fingerprint density at radius 1 is 1.50 bits per heavy atom. The van der Waals surface area contributed by atoms with Crippen molar-refractivity contribution in [2.45, 2.75) is 26.4 Å². The van der Waals surface area contributed by atoms with Crippen LogP contribution in [-0.4, -0.2) is 21.9 Å². The van der Waals surface area contributed by atoms with Gasteiger partial charge in [0.05, 0.1) is 0 Å². The summed E-state index contributed by atoms with van der Waals surface area (Å²) in [6, 6.07) is 0. The summed E-state index contributed by atoms with van der Waals surface area (Å²) in [5.41, 5.74) is -0.529. The lowest BCUT2D eigenvalue weighted by atomic mass is 10.2. The number of nitrogens with zero attached hydrogens (tertiary/aromatic N) is 2. The third kappa shape index (κ3) is 3.89. The Labute approximate surface area is 90.4 Å². The number of hydrogen-bond acceptors (Lipinski definition) is 5. The molecule has 0 fully saturated rings. The quantitative estimate of drug-likeness (QED) is 0.813. The first-order chi connectivity index (χ1) is 6.37. The number of nitrogens with one attached hydrogen (secondary N) is 1. The van der Waals surface area contributed by atoms with E-state index in [0.29, 0.717) is 5.13 Å². The summed E-state index contributed by atoms with van der Waals surface area (Å²) in [7, 11) is 0. The first-order valence-electron chi connectivity index (χ1n) is 3.86. The summed E-state index contributed by atoms with van der Waals surface area (Å²) in [4.78, 5) is 11.2. The molecule has 1 aromatic heterocycles. The number of anilines is 1. The van der Waals surface area contributed by atoms with E-state index in [1.54, 1.807) is 20.8 Å². The van der Waals surface area contributed by atoms with Gasteiger partial charge in [0.15, 0.2) is 0 Å². The van der Waals surface area contributed by atoms with Gasteiger partial charge in [-0.05, 0) is 32.4 Å². The van der Waals surface area contributed by atoms with Crippen molar-refractivity contribution >= 4 is 34.2 Å². The second-order valence-electron chi connectivity index (χ2n) is 3.49. The van der Waals surface area contributed by atoms with E-state index >= 15 is 0 Å². The lowest BCUT2D eigenvalue weighted by Crippen LogP contribution is -2.27. The highest BCUT2D eigenvalue weighted by Crippen LogP contribution is 2.20. The van der Waals surface area contributed by atoms with Gasteiger partial charge in [0.25, 0.3) is 0 Å². The van der Waals surface area contributed by atoms with Crippen LogP contribution < -0.4 is 5.32 Å². The van der Waals surface area contributed by atoms with E-state index in [2.05, 4.69) is 15.5 Å². The average Bonchev–Trinajstić information content (AvgIpc) is 2.30. The van der Waals surface area contributed by atoms with Crippen molar-refractivity contribution in [1.29, 1.82) is 0 Å². The number of carbonyl (C=O) groups excluding carboxylic acids is 1. The summed E-state index contributed by atoms with van der Waals surface area (Å²) >= 11 is 6.60. The van der Waals surface area contributed by atoms with Crippen molar-refractivity contribution in [3.05, 3.63) is 4.47 Å². The summed E-state index contributed by atoms with van der Waals surface area (Å²) < 4.78 is 5.27. The highest BCUT2D eigenvalue weighted by Gasteiger charge is 2.17. The number of amides is 1. The van der Waals surface area contributed by atoms with Crippen LogP contribution in [0, 0.1) is 0 Å². The molecule has 1 N–H and O–H groups in total. The average molecular weight is 236 g/mol. The fourth-order valence-electron chi connectivity index (χ4n) is 0.647. The number of carbonyl (C=O) groups is 1. The molecule has 0 aliphatic carbocycles. The van der Waals surface area contributed by atoms with Crippen molar-refractivity contribution in [3.63, 3.8) is 0 Å². The normalized spacial score (nSPS) is 11.1. The second kappa shape index (κ2) is 4.10. The molecule has 0 saturated carbocycles. The Morgan fingerprint density at radius 3 is 2.57 bits per heavy atom. The van der Waals surface area contributed by atoms with Crippen molar-refractivity contribution < 1.29 is 9.53 Å². The van der Waals surface area contributed by atoms with Crippen molar-refractivity contribution in [2.75, 3.05) is 5.32 Å². The Bertz CT molecular complexity index is 334. The van der Waals surface area contributed by atoms with E-state index < -0.39 is 11.7 Å². The fraction of sp³-hybridized carbons (Fsp3) is 0.571. The van der Waals surface area contributed by atoms with E-state index in [0.717, 1.165) is 11.3 Å². The zero-order chi connectivity index (χ0) is 10.8. The second-order valence-corrected chi connectivity index (χ2v) is 5.05. The lowest BCUT2D eigenvalue weighted by Gasteiger charge is -2.18. The van der Waals surface area contributed by atoms with Crippen molar-refractivity contribution in [3.8, 4) is 0 Å². The van der Waals surface area contributed by atoms with Crippen LogP contribution in [0.4, 0.5) is 9.93 Å². The van der Waals surface area contributed by atoms with Crippen LogP contribution >= 0.6 is 22.9 Å². The molecular formula is C7H10ClN3O2S. The van der Waals surface area contributed by atoms with Gasteiger partial charge < -0.3 is 4.74 Å². The van der Waals surface area contributed by atoms with Gasteiger partial charge in [-0.2, -0.15) is 0 Å². The van der Waals surface area contributed by atoms with Crippen molar-refractivity contribution in [2.24, 2.45) is 0 Å². The summed E-state index contributed by atoms with van der Waals surface area (Å²) in [6.45, 7) is 5.33. The molecule has 1 aromatic rings. The summed E-state index contributed by atoms with van der Waals surface area (Å²) in [5, 5.41) is 9.88. The van der Waals surface area contributed by atoms with Crippen LogP contribution in [0.25, 0.3) is 0 Å². The van der Waals surface area contributed by atoms with Gasteiger partial charge in [-0.3, -0.25) is 5.32 Å². The van der Waals surface area contributed by atoms with Crippen LogP contribution in [0.3, 0.4) is 0 Å². The molecule has 0 atom stereocenters. The van der Waals surface area contributed by atoms with Gasteiger partial charge in [0.1, 0.15) is 5.60 Å². The molecule has 78 valence electrons. The predicted octanol–water partition coefficient (Wildman–Crippen LogP) is 2.54. The van der Waals surface area contributed by atoms with E-state index in [-0.39, 0.29) is 4.47 Å². The number of aromatic nitrogens is 2.